The topological polar surface area (TPSA) is 42.7 Å². The Balaban J connectivity index is 2.40. The third-order valence-corrected chi connectivity index (χ3v) is 3.12. The Kier molecular flexibility index (Phi) is 5.12. The maximum atomic E-state index is 4.18. The lowest BCUT2D eigenvalue weighted by Crippen LogP contribution is -2.23. The summed E-state index contributed by atoms with van der Waals surface area (Å²) in [5.41, 5.74) is 1.03. The van der Waals surface area contributed by atoms with Crippen LogP contribution in [0.3, 0.4) is 0 Å². The summed E-state index contributed by atoms with van der Waals surface area (Å²) in [5.74, 6) is 0.771. The van der Waals surface area contributed by atoms with E-state index in [0.717, 1.165) is 24.7 Å². The molecule has 0 saturated carbocycles. The second kappa shape index (κ2) is 6.15. The maximum Gasteiger partial charge on any atom is 0.0965 e. The molecule has 1 aromatic rings. The monoisotopic (exact) mass is 238 g/mol. The zero-order chi connectivity index (χ0) is 12.9. The van der Waals surface area contributed by atoms with Crippen LogP contribution in [0.4, 0.5) is 0 Å². The highest BCUT2D eigenvalue weighted by atomic mass is 15.4. The molecule has 0 bridgehead atoms. The highest BCUT2D eigenvalue weighted by molar-refractivity contribution is 4.94. The van der Waals surface area contributed by atoms with E-state index in [1.165, 1.54) is 12.8 Å². The zero-order valence-electron chi connectivity index (χ0n) is 11.8. The van der Waals surface area contributed by atoms with Gasteiger partial charge in [-0.25, -0.2) is 4.68 Å². The molecule has 1 heterocycles. The number of nitrogens with one attached hydrogen (secondary N) is 1. The van der Waals surface area contributed by atoms with Crippen LogP contribution in [0.15, 0.2) is 6.20 Å². The van der Waals surface area contributed by atoms with Crippen LogP contribution in [0, 0.1) is 5.92 Å². The van der Waals surface area contributed by atoms with Crippen molar-refractivity contribution in [1.29, 1.82) is 0 Å². The Morgan fingerprint density at radius 1 is 1.29 bits per heavy atom. The van der Waals surface area contributed by atoms with Gasteiger partial charge in [-0.1, -0.05) is 31.9 Å². The average Bonchev–Trinajstić information content (AvgIpc) is 2.73. The minimum atomic E-state index is 0.0145. The molecule has 4 heteroatoms. The molecule has 0 aliphatic heterocycles. The first-order valence-corrected chi connectivity index (χ1v) is 6.59. The van der Waals surface area contributed by atoms with Crippen molar-refractivity contribution in [3.8, 4) is 0 Å². The van der Waals surface area contributed by atoms with E-state index in [1.54, 1.807) is 0 Å². The predicted molar refractivity (Wildman–Crippen MR) is 70.8 cm³/mol. The number of nitrogens with zero attached hydrogens (tertiary/aromatic N) is 3. The van der Waals surface area contributed by atoms with Crippen molar-refractivity contribution in [3.63, 3.8) is 0 Å². The van der Waals surface area contributed by atoms with Crippen molar-refractivity contribution in [2.75, 3.05) is 6.54 Å². The van der Waals surface area contributed by atoms with Gasteiger partial charge in [0.05, 0.1) is 17.4 Å². The fourth-order valence-corrected chi connectivity index (χ4v) is 1.69. The molecule has 1 aromatic heterocycles. The van der Waals surface area contributed by atoms with E-state index >= 15 is 0 Å². The van der Waals surface area contributed by atoms with Crippen molar-refractivity contribution in [3.05, 3.63) is 11.9 Å². The van der Waals surface area contributed by atoms with Crippen LogP contribution in [0.1, 0.15) is 53.2 Å². The molecular formula is C13H26N4. The highest BCUT2D eigenvalue weighted by Gasteiger charge is 2.14. The quantitative estimate of drug-likeness (QED) is 0.828. The third kappa shape index (κ3) is 4.46. The zero-order valence-corrected chi connectivity index (χ0v) is 11.8. The lowest BCUT2D eigenvalue weighted by molar-refractivity contribution is 0.346. The standard InChI is InChI=1S/C13H26N4/c1-6-11(7-2)8-14-9-12-10-17(16-15-12)13(3,4)5/h10-11,14H,6-9H2,1-5H3. The van der Waals surface area contributed by atoms with E-state index in [4.69, 9.17) is 0 Å². The molecule has 0 saturated heterocycles. The van der Waals surface area contributed by atoms with Gasteiger partial charge >= 0.3 is 0 Å². The summed E-state index contributed by atoms with van der Waals surface area (Å²) in [5, 5.41) is 11.8. The number of rotatable bonds is 6. The second-order valence-corrected chi connectivity index (χ2v) is 5.64. The van der Waals surface area contributed by atoms with E-state index in [9.17, 15) is 0 Å². The number of hydrogen-bond acceptors (Lipinski definition) is 3. The first kappa shape index (κ1) is 14.2. The van der Waals surface area contributed by atoms with Gasteiger partial charge in [-0.05, 0) is 33.2 Å². The largest absolute Gasteiger partial charge is 0.311 e. The molecule has 0 unspecified atom stereocenters. The molecule has 0 fully saturated rings. The van der Waals surface area contributed by atoms with Gasteiger partial charge in [0.2, 0.25) is 0 Å². The molecule has 0 aromatic carbocycles. The SMILES string of the molecule is CCC(CC)CNCc1cn(C(C)(C)C)nn1. The molecule has 0 aliphatic rings. The summed E-state index contributed by atoms with van der Waals surface area (Å²) < 4.78 is 1.92. The summed E-state index contributed by atoms with van der Waals surface area (Å²) in [4.78, 5) is 0. The fraction of sp³-hybridized carbons (Fsp3) is 0.846. The van der Waals surface area contributed by atoms with Gasteiger partial charge in [-0.3, -0.25) is 0 Å². The highest BCUT2D eigenvalue weighted by Crippen LogP contribution is 2.11. The molecule has 0 atom stereocenters. The van der Waals surface area contributed by atoms with Crippen molar-refractivity contribution in [2.45, 2.75) is 59.5 Å². The Labute approximate surface area is 105 Å². The van der Waals surface area contributed by atoms with Crippen LogP contribution in [0.5, 0.6) is 0 Å². The molecule has 0 radical (unpaired) electrons. The summed E-state index contributed by atoms with van der Waals surface area (Å²) in [7, 11) is 0. The summed E-state index contributed by atoms with van der Waals surface area (Å²) in [6, 6.07) is 0. The van der Waals surface area contributed by atoms with Crippen LogP contribution < -0.4 is 5.32 Å². The molecule has 0 spiro atoms. The van der Waals surface area contributed by atoms with E-state index in [-0.39, 0.29) is 5.54 Å². The third-order valence-electron chi connectivity index (χ3n) is 3.12. The smallest absolute Gasteiger partial charge is 0.0965 e. The lowest BCUT2D eigenvalue weighted by Gasteiger charge is -2.17. The fourth-order valence-electron chi connectivity index (χ4n) is 1.69. The van der Waals surface area contributed by atoms with Crippen molar-refractivity contribution < 1.29 is 0 Å². The molecule has 98 valence electrons. The van der Waals surface area contributed by atoms with Gasteiger partial charge < -0.3 is 5.32 Å². The minimum absolute atomic E-state index is 0.0145. The van der Waals surface area contributed by atoms with Crippen LogP contribution >= 0.6 is 0 Å². The molecule has 0 amide bonds. The lowest BCUT2D eigenvalue weighted by atomic mass is 10.0. The van der Waals surface area contributed by atoms with E-state index in [2.05, 4.69) is 50.2 Å². The van der Waals surface area contributed by atoms with Gasteiger partial charge in [-0.15, -0.1) is 5.10 Å². The Bertz CT molecular complexity index is 320. The van der Waals surface area contributed by atoms with Gasteiger partial charge in [0, 0.05) is 6.54 Å². The van der Waals surface area contributed by atoms with E-state index in [1.807, 2.05) is 10.9 Å². The Morgan fingerprint density at radius 3 is 2.41 bits per heavy atom. The summed E-state index contributed by atoms with van der Waals surface area (Å²) in [6.45, 7) is 12.7. The van der Waals surface area contributed by atoms with Crippen molar-refractivity contribution >= 4 is 0 Å². The molecule has 0 aliphatic carbocycles. The van der Waals surface area contributed by atoms with E-state index < -0.39 is 0 Å². The molecular weight excluding hydrogens is 212 g/mol. The average molecular weight is 238 g/mol. The minimum Gasteiger partial charge on any atom is -0.311 e. The Hall–Kier alpha value is -0.900. The van der Waals surface area contributed by atoms with Crippen LogP contribution in [0.25, 0.3) is 0 Å². The molecule has 1 N–H and O–H groups in total. The summed E-state index contributed by atoms with van der Waals surface area (Å²) >= 11 is 0. The van der Waals surface area contributed by atoms with Crippen molar-refractivity contribution in [2.24, 2.45) is 5.92 Å². The maximum absolute atomic E-state index is 4.18. The predicted octanol–water partition coefficient (Wildman–Crippen LogP) is 2.56. The van der Waals surface area contributed by atoms with Crippen LogP contribution in [-0.2, 0) is 12.1 Å². The van der Waals surface area contributed by atoms with Gasteiger partial charge in [-0.2, -0.15) is 0 Å². The van der Waals surface area contributed by atoms with Crippen LogP contribution in [0.2, 0.25) is 0 Å². The second-order valence-electron chi connectivity index (χ2n) is 5.64. The number of aromatic nitrogens is 3. The van der Waals surface area contributed by atoms with Gasteiger partial charge in [0.1, 0.15) is 0 Å². The normalized spacial score (nSPS) is 12.4. The first-order valence-electron chi connectivity index (χ1n) is 6.59. The van der Waals surface area contributed by atoms with Gasteiger partial charge in [0.15, 0.2) is 0 Å². The molecule has 4 nitrogen and oxygen atoms in total. The van der Waals surface area contributed by atoms with Gasteiger partial charge in [0.25, 0.3) is 0 Å². The Morgan fingerprint density at radius 2 is 1.94 bits per heavy atom. The van der Waals surface area contributed by atoms with Crippen LogP contribution in [-0.4, -0.2) is 21.5 Å². The molecule has 1 rings (SSSR count). The van der Waals surface area contributed by atoms with Crippen molar-refractivity contribution in [1.82, 2.24) is 20.3 Å². The number of hydrogen-bond donors (Lipinski definition) is 1. The van der Waals surface area contributed by atoms with E-state index in [0.29, 0.717) is 0 Å². The summed E-state index contributed by atoms with van der Waals surface area (Å²) in [6.07, 6.45) is 4.50. The first-order chi connectivity index (χ1) is 7.97. The molecule has 17 heavy (non-hydrogen) atoms.